The van der Waals surface area contributed by atoms with Crippen LogP contribution in [0.15, 0.2) is 37.1 Å². The Morgan fingerprint density at radius 1 is 1.24 bits per heavy atom. The molecule has 0 spiro atoms. The summed E-state index contributed by atoms with van der Waals surface area (Å²) in [5, 5.41) is 22.3. The Labute approximate surface area is 228 Å². The number of carbonyl (C=O) groups excluding carboxylic acids is 2. The van der Waals surface area contributed by atoms with Crippen molar-refractivity contribution in [3.05, 3.63) is 42.7 Å². The highest BCUT2D eigenvalue weighted by molar-refractivity contribution is 5.88. The standard InChI is InChI=1S/C31H47NO6/c1-7-8-14-23-28(35)20(2)12-11-15-31(6)26(38-31)18-24(21(3)17-22-13-9-10-16-32-22)37-27(34)19-25(33)30(4,5)29(23)36/h7,9-10,13,16,20-21,23-26,28,33,35H,1,8,11-12,14-15,17-19H2,2-6H3/t20-,21?,23+,24-,25-,26+,28-,31-/m0/s1. The van der Waals surface area contributed by atoms with Gasteiger partial charge in [0.05, 0.1) is 35.7 Å². The van der Waals surface area contributed by atoms with Crippen LogP contribution in [-0.4, -0.2) is 57.0 Å². The maximum Gasteiger partial charge on any atom is 0.308 e. The number of aliphatic hydroxyl groups is 2. The molecule has 3 rings (SSSR count). The summed E-state index contributed by atoms with van der Waals surface area (Å²) in [6, 6.07) is 5.77. The van der Waals surface area contributed by atoms with Crippen molar-refractivity contribution >= 4 is 11.8 Å². The predicted molar refractivity (Wildman–Crippen MR) is 146 cm³/mol. The SMILES string of the molecule is C=CCC[C@H]1C(=O)C(C)(C)[C@@H](O)CC(=O)O[C@H](C(C)Cc2ccccn2)C[C@H]2O[C@@]2(C)CCC[C@H](C)[C@@H]1O. The predicted octanol–water partition coefficient (Wildman–Crippen LogP) is 4.83. The van der Waals surface area contributed by atoms with Gasteiger partial charge < -0.3 is 19.7 Å². The number of aliphatic hydroxyl groups excluding tert-OH is 2. The van der Waals surface area contributed by atoms with E-state index in [2.05, 4.69) is 18.5 Å². The summed E-state index contributed by atoms with van der Waals surface area (Å²) in [5.41, 5.74) is -0.598. The van der Waals surface area contributed by atoms with E-state index in [-0.39, 0.29) is 35.7 Å². The number of aromatic nitrogens is 1. The molecule has 7 heteroatoms. The number of fused-ring (bicyclic) bond motifs is 1. The third kappa shape index (κ3) is 7.51. The fourth-order valence-corrected chi connectivity index (χ4v) is 5.76. The number of nitrogens with zero attached hydrogens (tertiary/aromatic N) is 1. The molecule has 2 aliphatic heterocycles. The van der Waals surface area contributed by atoms with E-state index in [4.69, 9.17) is 9.47 Å². The van der Waals surface area contributed by atoms with Crippen LogP contribution in [0.2, 0.25) is 0 Å². The minimum atomic E-state index is -1.24. The molecule has 0 saturated carbocycles. The zero-order chi connectivity index (χ0) is 28.1. The van der Waals surface area contributed by atoms with Gasteiger partial charge in [0.2, 0.25) is 0 Å². The normalized spacial score (nSPS) is 35.6. The van der Waals surface area contributed by atoms with Crippen molar-refractivity contribution < 1.29 is 29.3 Å². The van der Waals surface area contributed by atoms with Crippen LogP contribution in [-0.2, 0) is 25.5 Å². The van der Waals surface area contributed by atoms with Gasteiger partial charge in [0.1, 0.15) is 11.9 Å². The zero-order valence-electron chi connectivity index (χ0n) is 23.8. The lowest BCUT2D eigenvalue weighted by Gasteiger charge is -2.36. The molecule has 38 heavy (non-hydrogen) atoms. The number of carbonyl (C=O) groups is 2. The number of esters is 1. The lowest BCUT2D eigenvalue weighted by atomic mass is 9.71. The number of ether oxygens (including phenoxy) is 2. The second-order valence-corrected chi connectivity index (χ2v) is 12.3. The largest absolute Gasteiger partial charge is 0.462 e. The van der Waals surface area contributed by atoms with E-state index in [0.29, 0.717) is 25.7 Å². The molecule has 212 valence electrons. The highest BCUT2D eigenvalue weighted by Crippen LogP contribution is 2.45. The van der Waals surface area contributed by atoms with Gasteiger partial charge in [-0.3, -0.25) is 14.6 Å². The van der Waals surface area contributed by atoms with Crippen molar-refractivity contribution in [1.29, 1.82) is 0 Å². The topological polar surface area (TPSA) is 109 Å². The molecular weight excluding hydrogens is 482 g/mol. The number of hydrogen-bond donors (Lipinski definition) is 2. The van der Waals surface area contributed by atoms with E-state index in [1.165, 1.54) is 0 Å². The van der Waals surface area contributed by atoms with E-state index in [1.807, 2.05) is 32.0 Å². The van der Waals surface area contributed by atoms with Gasteiger partial charge in [-0.2, -0.15) is 0 Å². The summed E-state index contributed by atoms with van der Waals surface area (Å²) in [4.78, 5) is 31.2. The van der Waals surface area contributed by atoms with Crippen LogP contribution in [0.25, 0.3) is 0 Å². The van der Waals surface area contributed by atoms with Crippen molar-refractivity contribution in [3.8, 4) is 0 Å². The molecule has 0 aromatic carbocycles. The van der Waals surface area contributed by atoms with Crippen LogP contribution in [0.3, 0.4) is 0 Å². The average molecular weight is 530 g/mol. The number of allylic oxidation sites excluding steroid dienone is 1. The smallest absolute Gasteiger partial charge is 0.308 e. The third-order valence-electron chi connectivity index (χ3n) is 8.83. The van der Waals surface area contributed by atoms with Crippen LogP contribution in [0.1, 0.15) is 85.3 Å². The third-order valence-corrected chi connectivity index (χ3v) is 8.83. The zero-order valence-corrected chi connectivity index (χ0v) is 23.8. The summed E-state index contributed by atoms with van der Waals surface area (Å²) in [5.74, 6) is -1.52. The Morgan fingerprint density at radius 3 is 2.63 bits per heavy atom. The lowest BCUT2D eigenvalue weighted by Crippen LogP contribution is -2.46. The number of pyridine rings is 1. The van der Waals surface area contributed by atoms with Gasteiger partial charge in [-0.15, -0.1) is 6.58 Å². The molecule has 1 aromatic heterocycles. The molecule has 2 aliphatic rings. The first kappa shape index (κ1) is 30.5. The number of hydrogen-bond acceptors (Lipinski definition) is 7. The van der Waals surface area contributed by atoms with Crippen molar-refractivity contribution in [2.45, 2.75) is 116 Å². The van der Waals surface area contributed by atoms with Crippen molar-refractivity contribution in [3.63, 3.8) is 0 Å². The Morgan fingerprint density at radius 2 is 1.97 bits per heavy atom. The molecule has 2 N–H and O–H groups in total. The Kier molecular flexibility index (Phi) is 10.3. The van der Waals surface area contributed by atoms with Gasteiger partial charge in [-0.1, -0.05) is 46.3 Å². The molecule has 1 aromatic rings. The van der Waals surface area contributed by atoms with Crippen molar-refractivity contribution in [2.24, 2.45) is 23.2 Å². The number of Topliss-reactive ketones (excluding diaryl/α,β-unsaturated/α-hetero) is 1. The minimum absolute atomic E-state index is 0.00794. The van der Waals surface area contributed by atoms with Gasteiger partial charge in [-0.25, -0.2) is 0 Å². The highest BCUT2D eigenvalue weighted by atomic mass is 16.6. The maximum atomic E-state index is 13.7. The second kappa shape index (κ2) is 12.8. The monoisotopic (exact) mass is 529 g/mol. The van der Waals surface area contributed by atoms with Crippen LogP contribution in [0.5, 0.6) is 0 Å². The van der Waals surface area contributed by atoms with Gasteiger partial charge in [0.25, 0.3) is 0 Å². The Bertz CT molecular complexity index is 949. The number of ketones is 1. The Hall–Kier alpha value is -2.09. The second-order valence-electron chi connectivity index (χ2n) is 12.3. The number of cyclic esters (lactones) is 1. The van der Waals surface area contributed by atoms with Crippen LogP contribution >= 0.6 is 0 Å². The molecule has 0 radical (unpaired) electrons. The van der Waals surface area contributed by atoms with E-state index in [0.717, 1.165) is 25.0 Å². The van der Waals surface area contributed by atoms with Crippen LogP contribution in [0, 0.1) is 23.2 Å². The average Bonchev–Trinajstić information content (AvgIpc) is 3.51. The molecule has 2 fully saturated rings. The van der Waals surface area contributed by atoms with Crippen LogP contribution < -0.4 is 0 Å². The highest BCUT2D eigenvalue weighted by Gasteiger charge is 2.53. The van der Waals surface area contributed by atoms with E-state index in [9.17, 15) is 19.8 Å². The molecule has 0 bridgehead atoms. The fourth-order valence-electron chi connectivity index (χ4n) is 5.76. The summed E-state index contributed by atoms with van der Waals surface area (Å²) >= 11 is 0. The molecule has 7 nitrogen and oxygen atoms in total. The van der Waals surface area contributed by atoms with Gasteiger partial charge in [0, 0.05) is 24.2 Å². The first-order chi connectivity index (χ1) is 17.9. The molecule has 1 unspecified atom stereocenters. The summed E-state index contributed by atoms with van der Waals surface area (Å²) in [6.07, 6.45) is 5.38. The van der Waals surface area contributed by atoms with Gasteiger partial charge >= 0.3 is 5.97 Å². The summed E-state index contributed by atoms with van der Waals surface area (Å²) in [6.45, 7) is 13.2. The van der Waals surface area contributed by atoms with Crippen molar-refractivity contribution in [1.82, 2.24) is 4.98 Å². The molecule has 0 aliphatic carbocycles. The maximum absolute atomic E-state index is 13.7. The lowest BCUT2D eigenvalue weighted by molar-refractivity contribution is -0.158. The summed E-state index contributed by atoms with van der Waals surface area (Å²) < 4.78 is 12.1. The Balaban J connectivity index is 1.84. The first-order valence-electron chi connectivity index (χ1n) is 14.2. The molecule has 2 saturated heterocycles. The quantitative estimate of drug-likeness (QED) is 0.309. The van der Waals surface area contributed by atoms with E-state index >= 15 is 0 Å². The molecule has 0 amide bonds. The van der Waals surface area contributed by atoms with Crippen LogP contribution in [0.4, 0.5) is 0 Å². The summed E-state index contributed by atoms with van der Waals surface area (Å²) in [7, 11) is 0. The van der Waals surface area contributed by atoms with Crippen molar-refractivity contribution in [2.75, 3.05) is 0 Å². The van der Waals surface area contributed by atoms with E-state index in [1.54, 1.807) is 26.1 Å². The van der Waals surface area contributed by atoms with Gasteiger partial charge in [0.15, 0.2) is 0 Å². The molecule has 8 atom stereocenters. The minimum Gasteiger partial charge on any atom is -0.462 e. The van der Waals surface area contributed by atoms with Gasteiger partial charge in [-0.05, 0) is 63.0 Å². The number of epoxide rings is 1. The van der Waals surface area contributed by atoms with E-state index < -0.39 is 35.6 Å². The molecular formula is C31H47NO6. The molecule has 3 heterocycles. The fraction of sp³-hybridized carbons (Fsp3) is 0.710. The number of rotatable bonds is 6. The first-order valence-corrected chi connectivity index (χ1v) is 14.2.